The van der Waals surface area contributed by atoms with Gasteiger partial charge < -0.3 is 4.74 Å². The van der Waals surface area contributed by atoms with Crippen molar-refractivity contribution in [2.45, 2.75) is 6.42 Å². The van der Waals surface area contributed by atoms with Crippen molar-refractivity contribution in [1.82, 2.24) is 19.7 Å². The first-order chi connectivity index (χ1) is 11.5. The van der Waals surface area contributed by atoms with E-state index in [1.165, 1.54) is 0 Å². The molecule has 0 unspecified atom stereocenters. The van der Waals surface area contributed by atoms with Gasteiger partial charge in [0.15, 0.2) is 0 Å². The van der Waals surface area contributed by atoms with Crippen LogP contribution >= 0.6 is 0 Å². The standard InChI is InChI=1S/C15H17N5O3S/c1-23-13-6-7-15-14(10-13)18-19-20(15)12-4-2-11(3-5-12)8-9-17-24(16,21)22/h2-7,10,17H,8-9H2,1H3,(H2,16,21,22). The fourth-order valence-electron chi connectivity index (χ4n) is 2.36. The van der Waals surface area contributed by atoms with Gasteiger partial charge in [-0.05, 0) is 36.2 Å². The number of nitrogens with one attached hydrogen (secondary N) is 1. The van der Waals surface area contributed by atoms with Gasteiger partial charge in [-0.2, -0.15) is 8.42 Å². The zero-order valence-corrected chi connectivity index (χ0v) is 13.8. The van der Waals surface area contributed by atoms with Crippen LogP contribution < -0.4 is 14.6 Å². The molecule has 0 aliphatic heterocycles. The molecular weight excluding hydrogens is 330 g/mol. The SMILES string of the molecule is COc1ccc2c(c1)nnn2-c1ccc(CCNS(N)(=O)=O)cc1. The third kappa shape index (κ3) is 3.70. The number of hydrogen-bond donors (Lipinski definition) is 2. The van der Waals surface area contributed by atoms with Gasteiger partial charge in [-0.25, -0.2) is 14.5 Å². The van der Waals surface area contributed by atoms with E-state index in [9.17, 15) is 8.42 Å². The quantitative estimate of drug-likeness (QED) is 0.684. The molecule has 0 amide bonds. The van der Waals surface area contributed by atoms with Gasteiger partial charge in [0, 0.05) is 12.6 Å². The summed E-state index contributed by atoms with van der Waals surface area (Å²) < 4.78 is 30.9. The molecule has 1 heterocycles. The number of hydrogen-bond acceptors (Lipinski definition) is 5. The van der Waals surface area contributed by atoms with Crippen LogP contribution in [-0.4, -0.2) is 37.1 Å². The molecule has 24 heavy (non-hydrogen) atoms. The highest BCUT2D eigenvalue weighted by molar-refractivity contribution is 7.87. The van der Waals surface area contributed by atoms with E-state index >= 15 is 0 Å². The number of methoxy groups -OCH3 is 1. The summed E-state index contributed by atoms with van der Waals surface area (Å²) in [6.45, 7) is 0.254. The maximum Gasteiger partial charge on any atom is 0.274 e. The first-order valence-electron chi connectivity index (χ1n) is 7.22. The van der Waals surface area contributed by atoms with Crippen molar-refractivity contribution < 1.29 is 13.2 Å². The maximum absolute atomic E-state index is 10.8. The maximum atomic E-state index is 10.8. The van der Waals surface area contributed by atoms with Crippen molar-refractivity contribution in [2.24, 2.45) is 5.14 Å². The predicted molar refractivity (Wildman–Crippen MR) is 90.2 cm³/mol. The number of nitrogens with zero attached hydrogens (tertiary/aromatic N) is 3. The monoisotopic (exact) mass is 347 g/mol. The highest BCUT2D eigenvalue weighted by Gasteiger charge is 2.08. The Labute approximate surface area is 139 Å². The minimum atomic E-state index is -3.65. The molecule has 0 saturated heterocycles. The normalized spacial score (nSPS) is 11.8. The summed E-state index contributed by atoms with van der Waals surface area (Å²) in [5.74, 6) is 0.729. The third-order valence-electron chi connectivity index (χ3n) is 3.55. The second-order valence-corrected chi connectivity index (χ2v) is 6.59. The lowest BCUT2D eigenvalue weighted by molar-refractivity contribution is 0.415. The number of ether oxygens (including phenoxy) is 1. The molecule has 0 fully saturated rings. The third-order valence-corrected chi connectivity index (χ3v) is 4.16. The van der Waals surface area contributed by atoms with Crippen molar-refractivity contribution in [1.29, 1.82) is 0 Å². The Morgan fingerprint density at radius 1 is 1.21 bits per heavy atom. The average molecular weight is 347 g/mol. The molecule has 0 saturated carbocycles. The molecule has 0 aliphatic rings. The van der Waals surface area contributed by atoms with E-state index in [1.54, 1.807) is 11.8 Å². The lowest BCUT2D eigenvalue weighted by Crippen LogP contribution is -2.32. The first-order valence-corrected chi connectivity index (χ1v) is 8.77. The van der Waals surface area contributed by atoms with Crippen molar-refractivity contribution in [3.8, 4) is 11.4 Å². The minimum Gasteiger partial charge on any atom is -0.497 e. The number of rotatable bonds is 6. The van der Waals surface area contributed by atoms with Crippen LogP contribution in [0.2, 0.25) is 0 Å². The summed E-state index contributed by atoms with van der Waals surface area (Å²) in [6, 6.07) is 13.2. The van der Waals surface area contributed by atoms with Crippen LogP contribution in [0.1, 0.15) is 5.56 Å². The van der Waals surface area contributed by atoms with Gasteiger partial charge in [0.2, 0.25) is 0 Å². The van der Waals surface area contributed by atoms with Crippen LogP contribution in [0.5, 0.6) is 5.75 Å². The van der Waals surface area contributed by atoms with E-state index in [4.69, 9.17) is 9.88 Å². The van der Waals surface area contributed by atoms with Gasteiger partial charge >= 0.3 is 0 Å². The lowest BCUT2D eigenvalue weighted by atomic mass is 10.1. The Morgan fingerprint density at radius 3 is 2.62 bits per heavy atom. The van der Waals surface area contributed by atoms with Crippen molar-refractivity contribution in [3.63, 3.8) is 0 Å². The molecule has 3 rings (SSSR count). The molecule has 3 N–H and O–H groups in total. The summed E-state index contributed by atoms with van der Waals surface area (Å²) in [5.41, 5.74) is 3.47. The zero-order valence-electron chi connectivity index (χ0n) is 13.0. The molecule has 2 aromatic carbocycles. The van der Waals surface area contributed by atoms with E-state index in [1.807, 2.05) is 42.5 Å². The number of nitrogens with two attached hydrogens (primary N) is 1. The molecule has 0 spiro atoms. The zero-order chi connectivity index (χ0) is 17.2. The van der Waals surface area contributed by atoms with Gasteiger partial charge in [0.05, 0.1) is 18.3 Å². The van der Waals surface area contributed by atoms with Gasteiger partial charge in [-0.15, -0.1) is 5.10 Å². The fourth-order valence-corrected chi connectivity index (χ4v) is 2.75. The van der Waals surface area contributed by atoms with Crippen LogP contribution in [0.3, 0.4) is 0 Å². The molecule has 0 atom stereocenters. The van der Waals surface area contributed by atoms with Gasteiger partial charge in [0.25, 0.3) is 10.2 Å². The Kier molecular flexibility index (Phi) is 4.47. The summed E-state index contributed by atoms with van der Waals surface area (Å²) in [7, 11) is -2.04. The van der Waals surface area contributed by atoms with E-state index in [0.717, 1.165) is 28.0 Å². The Balaban J connectivity index is 1.78. The smallest absolute Gasteiger partial charge is 0.274 e. The van der Waals surface area contributed by atoms with Gasteiger partial charge in [0.1, 0.15) is 11.3 Å². The molecule has 1 aromatic heterocycles. The number of aromatic nitrogens is 3. The van der Waals surface area contributed by atoms with Crippen LogP contribution in [0.15, 0.2) is 42.5 Å². The van der Waals surface area contributed by atoms with Crippen LogP contribution in [0.25, 0.3) is 16.7 Å². The molecule has 8 nitrogen and oxygen atoms in total. The van der Waals surface area contributed by atoms with Gasteiger partial charge in [-0.3, -0.25) is 0 Å². The van der Waals surface area contributed by atoms with Crippen molar-refractivity contribution in [2.75, 3.05) is 13.7 Å². The van der Waals surface area contributed by atoms with Gasteiger partial charge in [-0.1, -0.05) is 17.3 Å². The van der Waals surface area contributed by atoms with E-state index in [0.29, 0.717) is 6.42 Å². The molecule has 126 valence electrons. The molecule has 9 heteroatoms. The largest absolute Gasteiger partial charge is 0.497 e. The van der Waals surface area contributed by atoms with E-state index in [2.05, 4.69) is 15.0 Å². The number of benzene rings is 2. The summed E-state index contributed by atoms with van der Waals surface area (Å²) in [6.07, 6.45) is 0.548. The molecule has 0 bridgehead atoms. The fraction of sp³-hybridized carbons (Fsp3) is 0.200. The summed E-state index contributed by atoms with van der Waals surface area (Å²) in [5, 5.41) is 13.2. The molecule has 3 aromatic rings. The van der Waals surface area contributed by atoms with E-state index < -0.39 is 10.2 Å². The second kappa shape index (κ2) is 6.56. The van der Waals surface area contributed by atoms with Crippen molar-refractivity contribution in [3.05, 3.63) is 48.0 Å². The minimum absolute atomic E-state index is 0.254. The predicted octanol–water partition coefficient (Wildman–Crippen LogP) is 0.765. The van der Waals surface area contributed by atoms with Crippen molar-refractivity contribution >= 4 is 21.2 Å². The Morgan fingerprint density at radius 2 is 1.96 bits per heavy atom. The summed E-state index contributed by atoms with van der Waals surface area (Å²) >= 11 is 0. The van der Waals surface area contributed by atoms with E-state index in [-0.39, 0.29) is 6.54 Å². The number of fused-ring (bicyclic) bond motifs is 1. The highest BCUT2D eigenvalue weighted by Crippen LogP contribution is 2.21. The topological polar surface area (TPSA) is 112 Å². The lowest BCUT2D eigenvalue weighted by Gasteiger charge is -2.06. The molecule has 0 radical (unpaired) electrons. The van der Waals surface area contributed by atoms with Crippen LogP contribution in [0.4, 0.5) is 0 Å². The molecular formula is C15H17N5O3S. The Bertz CT molecular complexity index is 951. The Hall–Kier alpha value is -2.49. The average Bonchev–Trinajstić information content (AvgIpc) is 2.97. The molecule has 0 aliphatic carbocycles. The second-order valence-electron chi connectivity index (χ2n) is 5.21. The van der Waals surface area contributed by atoms with Crippen LogP contribution in [-0.2, 0) is 16.6 Å². The summed E-state index contributed by atoms with van der Waals surface area (Å²) in [4.78, 5) is 0. The first kappa shape index (κ1) is 16.4. The highest BCUT2D eigenvalue weighted by atomic mass is 32.2. The van der Waals surface area contributed by atoms with Crippen LogP contribution in [0, 0.1) is 0 Å².